The molecule has 1 unspecified atom stereocenters. The molecule has 0 fully saturated rings. The van der Waals surface area contributed by atoms with Crippen LogP contribution in [0.2, 0.25) is 0 Å². The monoisotopic (exact) mass is 476 g/mol. The maximum absolute atomic E-state index is 13.2. The number of aromatic nitrogens is 2. The lowest BCUT2D eigenvalue weighted by molar-refractivity contribution is -0.125. The number of nitrogens with zero attached hydrogens (tertiary/aromatic N) is 4. The molecule has 4 rings (SSSR count). The maximum Gasteiger partial charge on any atom is 0.251 e. The summed E-state index contributed by atoms with van der Waals surface area (Å²) in [5, 5.41) is 5.82. The Balaban J connectivity index is 1.70. The maximum atomic E-state index is 13.2. The zero-order chi connectivity index (χ0) is 25.2. The molecule has 184 valence electrons. The summed E-state index contributed by atoms with van der Waals surface area (Å²) in [4.78, 5) is 38.4. The van der Waals surface area contributed by atoms with Crippen LogP contribution in [0.25, 0.3) is 0 Å². The molecule has 0 radical (unpaired) electrons. The first-order chi connectivity index (χ1) is 16.7. The number of carbonyl (C=O) groups is 2. The number of rotatable bonds is 6. The van der Waals surface area contributed by atoms with Gasteiger partial charge in [-0.1, -0.05) is 24.3 Å². The Labute approximate surface area is 205 Å². The Morgan fingerprint density at radius 2 is 2.09 bits per heavy atom. The number of nitrogens with one attached hydrogen (secondary N) is 2. The van der Waals surface area contributed by atoms with Crippen molar-refractivity contribution in [2.75, 3.05) is 49.4 Å². The molecule has 0 saturated heterocycles. The molecular formula is C26H32N6O3. The van der Waals surface area contributed by atoms with Gasteiger partial charge in [-0.05, 0) is 44.4 Å². The fraction of sp³-hybridized carbons (Fsp3) is 0.385. The molecule has 2 aliphatic rings. The van der Waals surface area contributed by atoms with Gasteiger partial charge in [-0.15, -0.1) is 0 Å². The second-order valence-corrected chi connectivity index (χ2v) is 9.46. The highest BCUT2D eigenvalue weighted by molar-refractivity contribution is 6.01. The average Bonchev–Trinajstić information content (AvgIpc) is 2.93. The van der Waals surface area contributed by atoms with Crippen LogP contribution in [0.3, 0.4) is 0 Å². The third kappa shape index (κ3) is 4.99. The Bertz CT molecular complexity index is 1190. The van der Waals surface area contributed by atoms with Gasteiger partial charge in [0.05, 0.1) is 24.4 Å². The lowest BCUT2D eigenvalue weighted by Crippen LogP contribution is -2.43. The summed E-state index contributed by atoms with van der Waals surface area (Å²) < 4.78 is 5.49. The highest BCUT2D eigenvalue weighted by Gasteiger charge is 2.39. The largest absolute Gasteiger partial charge is 0.495 e. The van der Waals surface area contributed by atoms with Gasteiger partial charge >= 0.3 is 0 Å². The van der Waals surface area contributed by atoms with E-state index in [1.807, 2.05) is 13.8 Å². The normalized spacial score (nSPS) is 18.7. The van der Waals surface area contributed by atoms with Crippen molar-refractivity contribution in [3.63, 3.8) is 0 Å². The fourth-order valence-electron chi connectivity index (χ4n) is 4.48. The number of hydrogen-bond donors (Lipinski definition) is 2. The second-order valence-electron chi connectivity index (χ2n) is 9.46. The van der Waals surface area contributed by atoms with Gasteiger partial charge in [-0.2, -0.15) is 4.98 Å². The minimum Gasteiger partial charge on any atom is -0.495 e. The summed E-state index contributed by atoms with van der Waals surface area (Å²) in [5.74, 6) is 1.72. The lowest BCUT2D eigenvalue weighted by atomic mass is 9.90. The summed E-state index contributed by atoms with van der Waals surface area (Å²) in [6.45, 7) is 5.20. The number of fused-ring (bicyclic) bond motifs is 1. The van der Waals surface area contributed by atoms with Crippen molar-refractivity contribution in [1.29, 1.82) is 0 Å². The third-order valence-corrected chi connectivity index (χ3v) is 6.34. The van der Waals surface area contributed by atoms with Gasteiger partial charge in [0, 0.05) is 32.7 Å². The molecule has 2 N–H and O–H groups in total. The number of amides is 2. The van der Waals surface area contributed by atoms with Crippen molar-refractivity contribution in [3.8, 4) is 5.75 Å². The van der Waals surface area contributed by atoms with Gasteiger partial charge < -0.3 is 25.2 Å². The highest BCUT2D eigenvalue weighted by Crippen LogP contribution is 2.38. The fourth-order valence-corrected chi connectivity index (χ4v) is 4.48. The van der Waals surface area contributed by atoms with Gasteiger partial charge in [0.1, 0.15) is 11.4 Å². The smallest absolute Gasteiger partial charge is 0.251 e. The van der Waals surface area contributed by atoms with Crippen LogP contribution in [-0.4, -0.2) is 56.1 Å². The Kier molecular flexibility index (Phi) is 6.77. The van der Waals surface area contributed by atoms with Crippen LogP contribution in [0.15, 0.2) is 48.7 Å². The minimum atomic E-state index is -0.587. The Hall–Kier alpha value is -3.88. The SMILES string of the molecule is CNC(=O)c1ccc(Nc2ncc3c(n2)N(CC2C=CC=CC2)CC(C)(C)C(=O)N3C)c(OC)c1. The molecule has 1 aromatic heterocycles. The Morgan fingerprint density at radius 3 is 2.77 bits per heavy atom. The molecule has 1 aliphatic heterocycles. The minimum absolute atomic E-state index is 0.0242. The van der Waals surface area contributed by atoms with Gasteiger partial charge in [0.25, 0.3) is 5.91 Å². The first-order valence-corrected chi connectivity index (χ1v) is 11.6. The first-order valence-electron chi connectivity index (χ1n) is 11.6. The van der Waals surface area contributed by atoms with E-state index in [-0.39, 0.29) is 11.8 Å². The summed E-state index contributed by atoms with van der Waals surface area (Å²) >= 11 is 0. The van der Waals surface area contributed by atoms with Crippen molar-refractivity contribution in [2.45, 2.75) is 20.3 Å². The zero-order valence-corrected chi connectivity index (χ0v) is 20.8. The number of methoxy groups -OCH3 is 1. The predicted octanol–water partition coefficient (Wildman–Crippen LogP) is 3.53. The second kappa shape index (κ2) is 9.77. The highest BCUT2D eigenvalue weighted by atomic mass is 16.5. The molecule has 0 saturated carbocycles. The number of benzene rings is 1. The summed E-state index contributed by atoms with van der Waals surface area (Å²) in [6, 6.07) is 5.13. The van der Waals surface area contributed by atoms with E-state index in [4.69, 9.17) is 9.72 Å². The number of carbonyl (C=O) groups excluding carboxylic acids is 2. The van der Waals surface area contributed by atoms with Crippen LogP contribution in [0.4, 0.5) is 23.1 Å². The van der Waals surface area contributed by atoms with Crippen molar-refractivity contribution >= 4 is 35.0 Å². The van der Waals surface area contributed by atoms with E-state index in [9.17, 15) is 9.59 Å². The van der Waals surface area contributed by atoms with Crippen molar-refractivity contribution in [1.82, 2.24) is 15.3 Å². The van der Waals surface area contributed by atoms with E-state index >= 15 is 0 Å². The van der Waals surface area contributed by atoms with E-state index in [0.717, 1.165) is 13.0 Å². The van der Waals surface area contributed by atoms with Crippen LogP contribution >= 0.6 is 0 Å². The van der Waals surface area contributed by atoms with Crippen LogP contribution in [-0.2, 0) is 4.79 Å². The average molecular weight is 477 g/mol. The van der Waals surface area contributed by atoms with Crippen LogP contribution in [0.1, 0.15) is 30.6 Å². The molecule has 2 amide bonds. The summed E-state index contributed by atoms with van der Waals surface area (Å²) in [6.07, 6.45) is 11.1. The number of ether oxygens (including phenoxy) is 1. The Morgan fingerprint density at radius 1 is 1.29 bits per heavy atom. The van der Waals surface area contributed by atoms with E-state index in [1.54, 1.807) is 50.5 Å². The topological polar surface area (TPSA) is 99.7 Å². The molecule has 0 spiro atoms. The third-order valence-electron chi connectivity index (χ3n) is 6.34. The summed E-state index contributed by atoms with van der Waals surface area (Å²) in [7, 11) is 4.90. The van der Waals surface area contributed by atoms with E-state index in [1.165, 1.54) is 0 Å². The standard InChI is InChI=1S/C26H32N6O3/c1-26(2)16-32(15-17-9-7-6-8-10-17)22-20(31(4)24(26)34)14-28-25(30-22)29-19-12-11-18(23(33)27-3)13-21(19)35-5/h6-9,11-14,17H,10,15-16H2,1-5H3,(H,27,33)(H,28,29,30). The van der Waals surface area contributed by atoms with Gasteiger partial charge in [-0.3, -0.25) is 9.59 Å². The van der Waals surface area contributed by atoms with E-state index in [0.29, 0.717) is 46.9 Å². The van der Waals surface area contributed by atoms with Crippen LogP contribution in [0.5, 0.6) is 5.75 Å². The van der Waals surface area contributed by atoms with Crippen molar-refractivity contribution in [3.05, 3.63) is 54.3 Å². The van der Waals surface area contributed by atoms with Gasteiger partial charge in [-0.25, -0.2) is 4.98 Å². The molecule has 2 aromatic rings. The van der Waals surface area contributed by atoms with Crippen LogP contribution < -0.4 is 25.2 Å². The first kappa shape index (κ1) is 24.3. The number of anilines is 4. The number of allylic oxidation sites excluding steroid dienone is 3. The molecule has 1 aromatic carbocycles. The van der Waals surface area contributed by atoms with E-state index < -0.39 is 5.41 Å². The predicted molar refractivity (Wildman–Crippen MR) is 137 cm³/mol. The van der Waals surface area contributed by atoms with Gasteiger partial charge in [0.15, 0.2) is 5.82 Å². The van der Waals surface area contributed by atoms with Crippen molar-refractivity contribution in [2.24, 2.45) is 11.3 Å². The van der Waals surface area contributed by atoms with Crippen molar-refractivity contribution < 1.29 is 14.3 Å². The summed E-state index contributed by atoms with van der Waals surface area (Å²) in [5.41, 5.74) is 1.20. The lowest BCUT2D eigenvalue weighted by Gasteiger charge is -2.31. The quantitative estimate of drug-likeness (QED) is 0.658. The number of hydrogen-bond acceptors (Lipinski definition) is 7. The molecule has 0 bridgehead atoms. The van der Waals surface area contributed by atoms with Crippen LogP contribution in [0, 0.1) is 11.3 Å². The molecular weight excluding hydrogens is 444 g/mol. The molecule has 1 aliphatic carbocycles. The molecule has 2 heterocycles. The zero-order valence-electron chi connectivity index (χ0n) is 20.8. The van der Waals surface area contributed by atoms with E-state index in [2.05, 4.69) is 44.8 Å². The molecule has 9 nitrogen and oxygen atoms in total. The van der Waals surface area contributed by atoms with Gasteiger partial charge in [0.2, 0.25) is 11.9 Å². The molecule has 9 heteroatoms. The molecule has 35 heavy (non-hydrogen) atoms. The molecule has 1 atom stereocenters.